The van der Waals surface area contributed by atoms with Gasteiger partial charge in [-0.3, -0.25) is 0 Å². The van der Waals surface area contributed by atoms with Gasteiger partial charge in [-0.05, 0) is 29.7 Å². The Bertz CT molecular complexity index is 677. The van der Waals surface area contributed by atoms with E-state index in [0.717, 1.165) is 21.3 Å². The standard InChI is InChI=1S/C17H18BrNOS/c1-17(2,3)13-6-4-5-7-14(13)20-15-10-11(18)8-9-12(15)16(19)21/h4-10H,1-3H3,(H2,19,21). The van der Waals surface area contributed by atoms with Crippen LogP contribution < -0.4 is 10.5 Å². The highest BCUT2D eigenvalue weighted by Crippen LogP contribution is 2.35. The largest absolute Gasteiger partial charge is 0.456 e. The van der Waals surface area contributed by atoms with E-state index in [9.17, 15) is 0 Å². The molecular weight excluding hydrogens is 346 g/mol. The van der Waals surface area contributed by atoms with Gasteiger partial charge in [0.15, 0.2) is 0 Å². The Labute approximate surface area is 139 Å². The normalized spacial score (nSPS) is 11.2. The average Bonchev–Trinajstić information content (AvgIpc) is 2.37. The topological polar surface area (TPSA) is 35.2 Å². The molecule has 0 heterocycles. The van der Waals surface area contributed by atoms with Crippen molar-refractivity contribution in [3.63, 3.8) is 0 Å². The van der Waals surface area contributed by atoms with Crippen molar-refractivity contribution in [2.45, 2.75) is 26.2 Å². The number of hydrogen-bond acceptors (Lipinski definition) is 2. The minimum Gasteiger partial charge on any atom is -0.456 e. The van der Waals surface area contributed by atoms with Crippen LogP contribution in [0.5, 0.6) is 11.5 Å². The number of para-hydroxylation sites is 1. The van der Waals surface area contributed by atoms with Crippen molar-refractivity contribution in [3.05, 3.63) is 58.1 Å². The van der Waals surface area contributed by atoms with E-state index >= 15 is 0 Å². The summed E-state index contributed by atoms with van der Waals surface area (Å²) >= 11 is 8.55. The molecule has 0 aliphatic heterocycles. The molecule has 0 atom stereocenters. The maximum atomic E-state index is 6.11. The molecular formula is C17H18BrNOS. The van der Waals surface area contributed by atoms with Crippen molar-refractivity contribution in [3.8, 4) is 11.5 Å². The highest BCUT2D eigenvalue weighted by Gasteiger charge is 2.19. The third-order valence-electron chi connectivity index (χ3n) is 3.12. The summed E-state index contributed by atoms with van der Waals surface area (Å²) in [5, 5.41) is 0. The van der Waals surface area contributed by atoms with Crippen LogP contribution in [0.3, 0.4) is 0 Å². The zero-order chi connectivity index (χ0) is 15.6. The SMILES string of the molecule is CC(C)(C)c1ccccc1Oc1cc(Br)ccc1C(N)=S. The number of thiocarbonyl (C=S) groups is 1. The molecule has 110 valence electrons. The quantitative estimate of drug-likeness (QED) is 0.763. The third-order valence-corrected chi connectivity index (χ3v) is 3.84. The van der Waals surface area contributed by atoms with Crippen molar-refractivity contribution in [1.29, 1.82) is 0 Å². The van der Waals surface area contributed by atoms with Gasteiger partial charge >= 0.3 is 0 Å². The Kier molecular flexibility index (Phi) is 4.69. The minimum atomic E-state index is -0.00794. The summed E-state index contributed by atoms with van der Waals surface area (Å²) in [4.78, 5) is 0.325. The summed E-state index contributed by atoms with van der Waals surface area (Å²) in [6.07, 6.45) is 0. The van der Waals surface area contributed by atoms with Crippen LogP contribution in [-0.4, -0.2) is 4.99 Å². The number of rotatable bonds is 3. The van der Waals surface area contributed by atoms with Crippen molar-refractivity contribution in [2.24, 2.45) is 5.73 Å². The van der Waals surface area contributed by atoms with Crippen molar-refractivity contribution in [1.82, 2.24) is 0 Å². The molecule has 0 aliphatic rings. The molecule has 0 spiro atoms. The van der Waals surface area contributed by atoms with E-state index in [-0.39, 0.29) is 5.41 Å². The van der Waals surface area contributed by atoms with Crippen LogP contribution in [0.15, 0.2) is 46.9 Å². The minimum absolute atomic E-state index is 0.00794. The first-order valence-corrected chi connectivity index (χ1v) is 7.86. The van der Waals surface area contributed by atoms with Gasteiger partial charge in [0.25, 0.3) is 0 Å². The van der Waals surface area contributed by atoms with Gasteiger partial charge in [0.05, 0.1) is 5.56 Å². The molecule has 0 saturated heterocycles. The summed E-state index contributed by atoms with van der Waals surface area (Å²) < 4.78 is 7.03. The van der Waals surface area contributed by atoms with Gasteiger partial charge in [-0.25, -0.2) is 0 Å². The van der Waals surface area contributed by atoms with Crippen LogP contribution in [-0.2, 0) is 5.41 Å². The molecule has 4 heteroatoms. The average molecular weight is 364 g/mol. The Hall–Kier alpha value is -1.39. The first kappa shape index (κ1) is 16.0. The van der Waals surface area contributed by atoms with Crippen molar-refractivity contribution >= 4 is 33.1 Å². The molecule has 21 heavy (non-hydrogen) atoms. The summed E-state index contributed by atoms with van der Waals surface area (Å²) in [5.74, 6) is 1.48. The number of hydrogen-bond donors (Lipinski definition) is 1. The van der Waals surface area contributed by atoms with E-state index in [0.29, 0.717) is 10.7 Å². The fraction of sp³-hybridized carbons (Fsp3) is 0.235. The van der Waals surface area contributed by atoms with Crippen LogP contribution in [0, 0.1) is 0 Å². The molecule has 0 aromatic heterocycles. The van der Waals surface area contributed by atoms with E-state index in [2.05, 4.69) is 42.8 Å². The molecule has 0 bridgehead atoms. The molecule has 2 aromatic rings. The summed E-state index contributed by atoms with van der Waals surface area (Å²) in [6.45, 7) is 6.47. The fourth-order valence-corrected chi connectivity index (χ4v) is 2.59. The van der Waals surface area contributed by atoms with E-state index in [1.807, 2.05) is 36.4 Å². The summed E-state index contributed by atoms with van der Waals surface area (Å²) in [5.41, 5.74) is 7.64. The van der Waals surface area contributed by atoms with Crippen molar-refractivity contribution < 1.29 is 4.74 Å². The Balaban J connectivity index is 2.49. The maximum Gasteiger partial charge on any atom is 0.138 e. The van der Waals surface area contributed by atoms with Crippen LogP contribution in [0.25, 0.3) is 0 Å². The van der Waals surface area contributed by atoms with E-state index in [4.69, 9.17) is 22.7 Å². The summed E-state index contributed by atoms with van der Waals surface area (Å²) in [6, 6.07) is 13.7. The van der Waals surface area contributed by atoms with Crippen LogP contribution in [0.4, 0.5) is 0 Å². The molecule has 2 rings (SSSR count). The lowest BCUT2D eigenvalue weighted by atomic mass is 9.86. The Morgan fingerprint density at radius 3 is 2.38 bits per heavy atom. The van der Waals surface area contributed by atoms with Crippen LogP contribution in [0.1, 0.15) is 31.9 Å². The highest BCUT2D eigenvalue weighted by molar-refractivity contribution is 9.10. The predicted molar refractivity (Wildman–Crippen MR) is 95.2 cm³/mol. The Morgan fingerprint density at radius 1 is 1.10 bits per heavy atom. The molecule has 2 nitrogen and oxygen atoms in total. The van der Waals surface area contributed by atoms with E-state index in [1.165, 1.54) is 0 Å². The molecule has 0 amide bonds. The molecule has 0 fully saturated rings. The first-order chi connectivity index (χ1) is 9.79. The lowest BCUT2D eigenvalue weighted by Crippen LogP contribution is -2.14. The molecule has 0 unspecified atom stereocenters. The zero-order valence-electron chi connectivity index (χ0n) is 12.3. The predicted octanol–water partition coefficient (Wildman–Crippen LogP) is 5.17. The number of ether oxygens (including phenoxy) is 1. The van der Waals surface area contributed by atoms with E-state index < -0.39 is 0 Å². The molecule has 0 aliphatic carbocycles. The number of nitrogens with two attached hydrogens (primary N) is 1. The molecule has 2 aromatic carbocycles. The van der Waals surface area contributed by atoms with Gasteiger partial charge < -0.3 is 10.5 Å². The van der Waals surface area contributed by atoms with Crippen molar-refractivity contribution in [2.75, 3.05) is 0 Å². The number of benzene rings is 2. The van der Waals surface area contributed by atoms with Gasteiger partial charge in [-0.15, -0.1) is 0 Å². The monoisotopic (exact) mass is 363 g/mol. The lowest BCUT2D eigenvalue weighted by molar-refractivity contribution is 0.454. The second-order valence-electron chi connectivity index (χ2n) is 5.85. The molecule has 2 N–H and O–H groups in total. The fourth-order valence-electron chi connectivity index (χ4n) is 2.08. The van der Waals surface area contributed by atoms with Gasteiger partial charge in [0, 0.05) is 10.0 Å². The second-order valence-corrected chi connectivity index (χ2v) is 7.21. The smallest absolute Gasteiger partial charge is 0.138 e. The van der Waals surface area contributed by atoms with Gasteiger partial charge in [0.2, 0.25) is 0 Å². The van der Waals surface area contributed by atoms with Gasteiger partial charge in [-0.1, -0.05) is 67.1 Å². The van der Waals surface area contributed by atoms with E-state index in [1.54, 1.807) is 0 Å². The molecule has 0 radical (unpaired) electrons. The van der Waals surface area contributed by atoms with Crippen LogP contribution in [0.2, 0.25) is 0 Å². The van der Waals surface area contributed by atoms with Crippen LogP contribution >= 0.6 is 28.1 Å². The zero-order valence-corrected chi connectivity index (χ0v) is 14.7. The lowest BCUT2D eigenvalue weighted by Gasteiger charge is -2.23. The Morgan fingerprint density at radius 2 is 1.76 bits per heavy atom. The maximum absolute atomic E-state index is 6.11. The summed E-state index contributed by atoms with van der Waals surface area (Å²) in [7, 11) is 0. The second kappa shape index (κ2) is 6.16. The highest BCUT2D eigenvalue weighted by atomic mass is 79.9. The van der Waals surface area contributed by atoms with Gasteiger partial charge in [0.1, 0.15) is 16.5 Å². The van der Waals surface area contributed by atoms with Gasteiger partial charge in [-0.2, -0.15) is 0 Å². The number of halogens is 1. The molecule has 0 saturated carbocycles. The first-order valence-electron chi connectivity index (χ1n) is 6.66. The third kappa shape index (κ3) is 3.83.